The largest absolute Gasteiger partial charge is 0.382 e. The van der Waals surface area contributed by atoms with Crippen molar-refractivity contribution in [1.82, 2.24) is 9.97 Å². The van der Waals surface area contributed by atoms with Crippen molar-refractivity contribution in [3.8, 4) is 0 Å². The van der Waals surface area contributed by atoms with Crippen LogP contribution in [0, 0.1) is 5.41 Å². The molecule has 1 unspecified atom stereocenters. The molecule has 1 atom stereocenters. The van der Waals surface area contributed by atoms with Crippen LogP contribution in [0.3, 0.4) is 0 Å². The third-order valence-corrected chi connectivity index (χ3v) is 3.33. The van der Waals surface area contributed by atoms with E-state index in [0.29, 0.717) is 22.7 Å². The zero-order valence-corrected chi connectivity index (χ0v) is 11.2. The van der Waals surface area contributed by atoms with E-state index in [1.807, 2.05) is 11.9 Å². The van der Waals surface area contributed by atoms with Crippen LogP contribution in [0.2, 0.25) is 5.02 Å². The van der Waals surface area contributed by atoms with Gasteiger partial charge in [0.05, 0.1) is 0 Å². The van der Waals surface area contributed by atoms with Crippen molar-refractivity contribution < 1.29 is 0 Å². The highest BCUT2D eigenvalue weighted by atomic mass is 35.5. The van der Waals surface area contributed by atoms with Crippen molar-refractivity contribution >= 4 is 23.2 Å². The summed E-state index contributed by atoms with van der Waals surface area (Å²) in [6, 6.07) is 0.291. The van der Waals surface area contributed by atoms with E-state index in [1.165, 1.54) is 6.33 Å². The Hall–Kier alpha value is -1.03. The molecule has 1 heterocycles. The Morgan fingerprint density at radius 3 is 2.44 bits per heavy atom. The maximum absolute atomic E-state index is 6.09. The molecule has 0 aliphatic heterocycles. The standard InChI is InChI=1S/C11H19ClN4/c1-7(11(2,3)4)16(5)10-8(12)9(13)14-6-15-10/h6-7H,1-5H3,(H2,13,14,15). The molecule has 0 aromatic carbocycles. The Morgan fingerprint density at radius 2 is 1.94 bits per heavy atom. The number of rotatable bonds is 2. The summed E-state index contributed by atoms with van der Waals surface area (Å²) < 4.78 is 0. The molecule has 0 aliphatic carbocycles. The lowest BCUT2D eigenvalue weighted by molar-refractivity contribution is 0.328. The fraction of sp³-hybridized carbons (Fsp3) is 0.636. The van der Waals surface area contributed by atoms with Gasteiger partial charge in [-0.25, -0.2) is 9.97 Å². The molecule has 0 fully saturated rings. The molecule has 0 bridgehead atoms. The minimum atomic E-state index is 0.137. The normalized spacial score (nSPS) is 13.6. The van der Waals surface area contributed by atoms with Crippen LogP contribution in [-0.4, -0.2) is 23.1 Å². The molecule has 5 heteroatoms. The predicted octanol–water partition coefficient (Wildman–Crippen LogP) is 2.58. The lowest BCUT2D eigenvalue weighted by atomic mass is 9.87. The lowest BCUT2D eigenvalue weighted by Gasteiger charge is -2.36. The fourth-order valence-electron chi connectivity index (χ4n) is 1.38. The quantitative estimate of drug-likeness (QED) is 0.866. The minimum absolute atomic E-state index is 0.137. The number of hydrogen-bond donors (Lipinski definition) is 1. The SMILES string of the molecule is CC(N(C)c1ncnc(N)c1Cl)C(C)(C)C. The van der Waals surface area contributed by atoms with Crippen LogP contribution < -0.4 is 10.6 Å². The first-order chi connectivity index (χ1) is 7.25. The molecule has 4 nitrogen and oxygen atoms in total. The van der Waals surface area contributed by atoms with Crippen molar-refractivity contribution in [2.24, 2.45) is 5.41 Å². The summed E-state index contributed by atoms with van der Waals surface area (Å²) in [5.74, 6) is 0.996. The minimum Gasteiger partial charge on any atom is -0.382 e. The van der Waals surface area contributed by atoms with Gasteiger partial charge in [0.15, 0.2) is 5.82 Å². The summed E-state index contributed by atoms with van der Waals surface area (Å²) in [5, 5.41) is 0.418. The van der Waals surface area contributed by atoms with Crippen molar-refractivity contribution in [2.45, 2.75) is 33.7 Å². The molecule has 0 aliphatic rings. The summed E-state index contributed by atoms with van der Waals surface area (Å²) in [6.45, 7) is 8.65. The highest BCUT2D eigenvalue weighted by Crippen LogP contribution is 2.31. The van der Waals surface area contributed by atoms with Gasteiger partial charge >= 0.3 is 0 Å². The highest BCUT2D eigenvalue weighted by molar-refractivity contribution is 6.35. The summed E-state index contributed by atoms with van der Waals surface area (Å²) in [5.41, 5.74) is 5.79. The number of aromatic nitrogens is 2. The predicted molar refractivity (Wildman–Crippen MR) is 68.8 cm³/mol. The molecule has 0 spiro atoms. The second-order valence-electron chi connectivity index (χ2n) is 5.05. The molecule has 0 amide bonds. The Balaban J connectivity index is 3.06. The van der Waals surface area contributed by atoms with E-state index in [0.717, 1.165) is 0 Å². The van der Waals surface area contributed by atoms with Crippen molar-refractivity contribution in [3.63, 3.8) is 0 Å². The van der Waals surface area contributed by atoms with Gasteiger partial charge < -0.3 is 10.6 Å². The average Bonchev–Trinajstić information content (AvgIpc) is 2.18. The smallest absolute Gasteiger partial charge is 0.153 e. The van der Waals surface area contributed by atoms with Crippen LogP contribution in [0.15, 0.2) is 6.33 Å². The molecule has 90 valence electrons. The van der Waals surface area contributed by atoms with E-state index in [4.69, 9.17) is 17.3 Å². The molecular weight excluding hydrogens is 224 g/mol. The summed E-state index contributed by atoms with van der Waals surface area (Å²) in [6.07, 6.45) is 1.43. The van der Waals surface area contributed by atoms with E-state index in [9.17, 15) is 0 Å². The van der Waals surface area contributed by atoms with Crippen LogP contribution in [0.25, 0.3) is 0 Å². The monoisotopic (exact) mass is 242 g/mol. The molecule has 1 aromatic rings. The maximum atomic E-state index is 6.09. The number of anilines is 2. The highest BCUT2D eigenvalue weighted by Gasteiger charge is 2.26. The molecular formula is C11H19ClN4. The van der Waals surface area contributed by atoms with Gasteiger partial charge in [-0.2, -0.15) is 0 Å². The van der Waals surface area contributed by atoms with Crippen LogP contribution >= 0.6 is 11.6 Å². The van der Waals surface area contributed by atoms with Gasteiger partial charge in [0.2, 0.25) is 0 Å². The van der Waals surface area contributed by atoms with E-state index < -0.39 is 0 Å². The first-order valence-corrected chi connectivity index (χ1v) is 5.61. The Morgan fingerprint density at radius 1 is 1.38 bits per heavy atom. The zero-order valence-electron chi connectivity index (χ0n) is 10.5. The second-order valence-corrected chi connectivity index (χ2v) is 5.43. The molecule has 2 N–H and O–H groups in total. The van der Waals surface area contributed by atoms with Crippen LogP contribution in [0.5, 0.6) is 0 Å². The van der Waals surface area contributed by atoms with E-state index in [2.05, 4.69) is 37.7 Å². The van der Waals surface area contributed by atoms with E-state index in [-0.39, 0.29) is 5.41 Å². The van der Waals surface area contributed by atoms with Crippen LogP contribution in [-0.2, 0) is 0 Å². The Bertz CT molecular complexity index is 373. The Labute approximate surface area is 102 Å². The molecule has 0 radical (unpaired) electrons. The number of nitrogens with zero attached hydrogens (tertiary/aromatic N) is 3. The second kappa shape index (κ2) is 4.45. The van der Waals surface area contributed by atoms with Crippen LogP contribution in [0.4, 0.5) is 11.6 Å². The van der Waals surface area contributed by atoms with Gasteiger partial charge in [-0.05, 0) is 12.3 Å². The number of nitrogen functional groups attached to an aromatic ring is 1. The molecule has 0 saturated carbocycles. The maximum Gasteiger partial charge on any atom is 0.153 e. The molecule has 1 aromatic heterocycles. The lowest BCUT2D eigenvalue weighted by Crippen LogP contribution is -2.40. The summed E-state index contributed by atoms with van der Waals surface area (Å²) in [4.78, 5) is 10.1. The van der Waals surface area contributed by atoms with E-state index in [1.54, 1.807) is 0 Å². The molecule has 1 rings (SSSR count). The van der Waals surface area contributed by atoms with Crippen molar-refractivity contribution in [2.75, 3.05) is 17.7 Å². The Kier molecular flexibility index (Phi) is 3.63. The van der Waals surface area contributed by atoms with Gasteiger partial charge in [-0.15, -0.1) is 0 Å². The third-order valence-electron chi connectivity index (χ3n) is 2.97. The number of halogens is 1. The third kappa shape index (κ3) is 2.55. The van der Waals surface area contributed by atoms with Crippen molar-refractivity contribution in [3.05, 3.63) is 11.3 Å². The first kappa shape index (κ1) is 13.0. The van der Waals surface area contributed by atoms with Crippen LogP contribution in [0.1, 0.15) is 27.7 Å². The number of nitrogens with two attached hydrogens (primary N) is 1. The van der Waals surface area contributed by atoms with E-state index >= 15 is 0 Å². The first-order valence-electron chi connectivity index (χ1n) is 5.24. The summed E-state index contributed by atoms with van der Waals surface area (Å²) in [7, 11) is 1.96. The van der Waals surface area contributed by atoms with Gasteiger partial charge in [-0.3, -0.25) is 0 Å². The van der Waals surface area contributed by atoms with Gasteiger partial charge in [0, 0.05) is 13.1 Å². The molecule has 16 heavy (non-hydrogen) atoms. The summed E-state index contributed by atoms with van der Waals surface area (Å²) >= 11 is 6.09. The topological polar surface area (TPSA) is 55.0 Å². The zero-order chi connectivity index (χ0) is 12.5. The average molecular weight is 243 g/mol. The fourth-order valence-corrected chi connectivity index (χ4v) is 1.61. The van der Waals surface area contributed by atoms with Gasteiger partial charge in [0.1, 0.15) is 17.2 Å². The van der Waals surface area contributed by atoms with Crippen molar-refractivity contribution in [1.29, 1.82) is 0 Å². The van der Waals surface area contributed by atoms with Gasteiger partial charge in [-0.1, -0.05) is 32.4 Å². The number of hydrogen-bond acceptors (Lipinski definition) is 4. The molecule has 0 saturated heterocycles. The van der Waals surface area contributed by atoms with Gasteiger partial charge in [0.25, 0.3) is 0 Å².